The van der Waals surface area contributed by atoms with E-state index in [1.54, 1.807) is 6.07 Å². The molecule has 1 unspecified atom stereocenters. The predicted molar refractivity (Wildman–Crippen MR) is 76.4 cm³/mol. The summed E-state index contributed by atoms with van der Waals surface area (Å²) in [5.74, 6) is -0.242. The average Bonchev–Trinajstić information content (AvgIpc) is 2.81. The number of aliphatic hydroxyl groups excluding tert-OH is 1. The number of furan rings is 1. The molecule has 1 aromatic heterocycles. The minimum Gasteiger partial charge on any atom is -0.458 e. The van der Waals surface area contributed by atoms with E-state index in [0.717, 1.165) is 10.9 Å². The van der Waals surface area contributed by atoms with Gasteiger partial charge in [-0.25, -0.2) is 4.39 Å². The van der Waals surface area contributed by atoms with Gasteiger partial charge in [0.2, 0.25) is 0 Å². The number of fused-ring (bicyclic) bond motifs is 1. The maximum Gasteiger partial charge on any atom is 0.139 e. The van der Waals surface area contributed by atoms with Gasteiger partial charge in [0.25, 0.3) is 0 Å². The first-order valence-electron chi connectivity index (χ1n) is 6.18. The normalized spacial score (nSPS) is 12.8. The van der Waals surface area contributed by atoms with Crippen LogP contribution in [-0.4, -0.2) is 5.11 Å². The van der Waals surface area contributed by atoms with E-state index in [4.69, 9.17) is 16.0 Å². The summed E-state index contributed by atoms with van der Waals surface area (Å²) >= 11 is 5.70. The predicted octanol–water partition coefficient (Wildman–Crippen LogP) is 4.62. The molecule has 0 fully saturated rings. The van der Waals surface area contributed by atoms with Crippen molar-refractivity contribution in [3.8, 4) is 0 Å². The lowest BCUT2D eigenvalue weighted by atomic mass is 10.1. The Morgan fingerprint density at radius 1 is 1.15 bits per heavy atom. The van der Waals surface area contributed by atoms with E-state index in [2.05, 4.69) is 0 Å². The molecule has 0 radical (unpaired) electrons. The fourth-order valence-electron chi connectivity index (χ4n) is 2.19. The van der Waals surface area contributed by atoms with E-state index in [1.807, 2.05) is 25.1 Å². The third-order valence-electron chi connectivity index (χ3n) is 3.22. The summed E-state index contributed by atoms with van der Waals surface area (Å²) in [5, 5.41) is 11.4. The molecule has 102 valence electrons. The van der Waals surface area contributed by atoms with Crippen molar-refractivity contribution in [1.29, 1.82) is 0 Å². The lowest BCUT2D eigenvalue weighted by molar-refractivity contribution is 0.187. The van der Waals surface area contributed by atoms with Gasteiger partial charge in [0, 0.05) is 16.0 Å². The maximum atomic E-state index is 13.8. The number of rotatable bonds is 2. The molecule has 1 heterocycles. The summed E-state index contributed by atoms with van der Waals surface area (Å²) in [6, 6.07) is 11.6. The summed E-state index contributed by atoms with van der Waals surface area (Å²) < 4.78 is 19.4. The number of benzene rings is 2. The fourth-order valence-corrected chi connectivity index (χ4v) is 2.35. The standard InChI is InChI=1S/C16H12ClFO2/c1-9-2-5-14-10(6-9)7-15(20-14)16(19)12-4-3-11(17)8-13(12)18/h2-8,16,19H,1H3. The van der Waals surface area contributed by atoms with Crippen LogP contribution in [0.15, 0.2) is 46.9 Å². The number of aliphatic hydroxyl groups is 1. The first-order chi connectivity index (χ1) is 9.54. The highest BCUT2D eigenvalue weighted by atomic mass is 35.5. The van der Waals surface area contributed by atoms with E-state index in [1.165, 1.54) is 18.2 Å². The number of halogens is 2. The molecule has 0 saturated carbocycles. The molecule has 0 saturated heterocycles. The van der Waals surface area contributed by atoms with Crippen LogP contribution in [0, 0.1) is 12.7 Å². The van der Waals surface area contributed by atoms with Crippen molar-refractivity contribution in [3.63, 3.8) is 0 Å². The first kappa shape index (κ1) is 13.2. The fraction of sp³-hybridized carbons (Fsp3) is 0.125. The SMILES string of the molecule is Cc1ccc2oc(C(O)c3ccc(Cl)cc3F)cc2c1. The largest absolute Gasteiger partial charge is 0.458 e. The van der Waals surface area contributed by atoms with E-state index < -0.39 is 11.9 Å². The molecular formula is C16H12ClFO2. The van der Waals surface area contributed by atoms with Crippen LogP contribution in [0.1, 0.15) is 23.0 Å². The molecule has 0 aliphatic carbocycles. The quantitative estimate of drug-likeness (QED) is 0.747. The van der Waals surface area contributed by atoms with E-state index in [9.17, 15) is 9.50 Å². The van der Waals surface area contributed by atoms with Gasteiger partial charge in [-0.05, 0) is 37.3 Å². The van der Waals surface area contributed by atoms with Crippen LogP contribution in [0.5, 0.6) is 0 Å². The summed E-state index contributed by atoms with van der Waals surface area (Å²) in [5.41, 5.74) is 1.90. The third kappa shape index (κ3) is 2.30. The number of aryl methyl sites for hydroxylation is 1. The summed E-state index contributed by atoms with van der Waals surface area (Å²) in [6.07, 6.45) is -1.15. The molecule has 1 N–H and O–H groups in total. The Bertz CT molecular complexity index is 779. The second-order valence-electron chi connectivity index (χ2n) is 4.76. The molecule has 0 bridgehead atoms. The highest BCUT2D eigenvalue weighted by Gasteiger charge is 2.19. The van der Waals surface area contributed by atoms with Gasteiger partial charge in [-0.2, -0.15) is 0 Å². The molecule has 3 aromatic rings. The zero-order valence-corrected chi connectivity index (χ0v) is 11.5. The Kier molecular flexibility index (Phi) is 3.24. The van der Waals surface area contributed by atoms with E-state index >= 15 is 0 Å². The molecule has 4 heteroatoms. The van der Waals surface area contributed by atoms with Gasteiger partial charge in [0.05, 0.1) is 0 Å². The van der Waals surface area contributed by atoms with Gasteiger partial charge in [0.15, 0.2) is 0 Å². The monoisotopic (exact) mass is 290 g/mol. The van der Waals surface area contributed by atoms with Gasteiger partial charge in [-0.1, -0.05) is 29.3 Å². The molecule has 0 aliphatic heterocycles. The van der Waals surface area contributed by atoms with Crippen molar-refractivity contribution in [2.75, 3.05) is 0 Å². The van der Waals surface area contributed by atoms with Crippen LogP contribution >= 0.6 is 11.6 Å². The zero-order valence-electron chi connectivity index (χ0n) is 10.7. The van der Waals surface area contributed by atoms with Crippen molar-refractivity contribution in [1.82, 2.24) is 0 Å². The van der Waals surface area contributed by atoms with Crippen LogP contribution in [-0.2, 0) is 0 Å². The lowest BCUT2D eigenvalue weighted by Crippen LogP contribution is -2.01. The van der Waals surface area contributed by atoms with E-state index in [0.29, 0.717) is 16.4 Å². The van der Waals surface area contributed by atoms with Crippen molar-refractivity contribution < 1.29 is 13.9 Å². The van der Waals surface area contributed by atoms with Crippen molar-refractivity contribution in [3.05, 3.63) is 70.2 Å². The van der Waals surface area contributed by atoms with Crippen LogP contribution in [0.4, 0.5) is 4.39 Å². The van der Waals surface area contributed by atoms with Crippen molar-refractivity contribution in [2.45, 2.75) is 13.0 Å². The molecule has 20 heavy (non-hydrogen) atoms. The summed E-state index contributed by atoms with van der Waals surface area (Å²) in [4.78, 5) is 0. The lowest BCUT2D eigenvalue weighted by Gasteiger charge is -2.09. The van der Waals surface area contributed by atoms with Gasteiger partial charge in [0.1, 0.15) is 23.3 Å². The van der Waals surface area contributed by atoms with E-state index in [-0.39, 0.29) is 5.56 Å². The van der Waals surface area contributed by atoms with Gasteiger partial charge >= 0.3 is 0 Å². The summed E-state index contributed by atoms with van der Waals surface area (Å²) in [7, 11) is 0. The summed E-state index contributed by atoms with van der Waals surface area (Å²) in [6.45, 7) is 1.97. The number of hydrogen-bond acceptors (Lipinski definition) is 2. The topological polar surface area (TPSA) is 33.4 Å². The Morgan fingerprint density at radius 2 is 1.95 bits per heavy atom. The minimum absolute atomic E-state index is 0.144. The van der Waals surface area contributed by atoms with Gasteiger partial charge in [-0.3, -0.25) is 0 Å². The average molecular weight is 291 g/mol. The molecule has 2 aromatic carbocycles. The van der Waals surface area contributed by atoms with Crippen LogP contribution in [0.25, 0.3) is 11.0 Å². The molecule has 0 amide bonds. The Hall–Kier alpha value is -1.84. The molecule has 1 atom stereocenters. The van der Waals surface area contributed by atoms with Crippen LogP contribution in [0.2, 0.25) is 5.02 Å². The Morgan fingerprint density at radius 3 is 2.70 bits per heavy atom. The highest BCUT2D eigenvalue weighted by molar-refractivity contribution is 6.30. The van der Waals surface area contributed by atoms with Crippen LogP contribution < -0.4 is 0 Å². The molecule has 3 rings (SSSR count). The maximum absolute atomic E-state index is 13.8. The third-order valence-corrected chi connectivity index (χ3v) is 3.45. The molecule has 2 nitrogen and oxygen atoms in total. The second kappa shape index (κ2) is 4.93. The Labute approximate surface area is 120 Å². The molecule has 0 spiro atoms. The molecular weight excluding hydrogens is 279 g/mol. The first-order valence-corrected chi connectivity index (χ1v) is 6.55. The van der Waals surface area contributed by atoms with Crippen molar-refractivity contribution >= 4 is 22.6 Å². The zero-order chi connectivity index (χ0) is 14.3. The van der Waals surface area contributed by atoms with Crippen molar-refractivity contribution in [2.24, 2.45) is 0 Å². The Balaban J connectivity index is 2.05. The molecule has 0 aliphatic rings. The number of hydrogen-bond donors (Lipinski definition) is 1. The highest BCUT2D eigenvalue weighted by Crippen LogP contribution is 2.30. The smallest absolute Gasteiger partial charge is 0.139 e. The van der Waals surface area contributed by atoms with Crippen LogP contribution in [0.3, 0.4) is 0 Å². The van der Waals surface area contributed by atoms with Gasteiger partial charge < -0.3 is 9.52 Å². The van der Waals surface area contributed by atoms with Gasteiger partial charge in [-0.15, -0.1) is 0 Å². The second-order valence-corrected chi connectivity index (χ2v) is 5.19. The minimum atomic E-state index is -1.15.